The van der Waals surface area contributed by atoms with E-state index in [1.54, 1.807) is 37.8 Å². The Bertz CT molecular complexity index is 1820. The van der Waals surface area contributed by atoms with Crippen molar-refractivity contribution < 1.29 is 4.74 Å². The molecule has 6 heterocycles. The monoisotopic (exact) mass is 612 g/mol. The van der Waals surface area contributed by atoms with E-state index in [0.717, 1.165) is 65.5 Å². The molecular weight excluding hydrogens is 576 g/mol. The fourth-order valence-corrected chi connectivity index (χ4v) is 3.88. The first-order valence-electron chi connectivity index (χ1n) is 14.3. The Hall–Kier alpha value is -5.70. The van der Waals surface area contributed by atoms with Crippen molar-refractivity contribution in [2.45, 2.75) is 39.9 Å². The van der Waals surface area contributed by atoms with E-state index in [1.807, 2.05) is 51.7 Å². The van der Waals surface area contributed by atoms with Gasteiger partial charge in [-0.25, -0.2) is 10.2 Å². The zero-order chi connectivity index (χ0) is 32.0. The molecule has 3 N–H and O–H groups in total. The molecule has 1 aliphatic heterocycles. The molecule has 0 saturated carbocycles. The van der Waals surface area contributed by atoms with E-state index < -0.39 is 0 Å². The smallest absolute Gasteiger partial charge is 0.264 e. The molecule has 0 saturated heterocycles. The summed E-state index contributed by atoms with van der Waals surface area (Å²) in [5.41, 5.74) is 8.34. The second kappa shape index (κ2) is 16.2. The maximum absolute atomic E-state index is 10.8. The van der Waals surface area contributed by atoms with Crippen LogP contribution in [0, 0.1) is 0 Å². The third-order valence-electron chi connectivity index (χ3n) is 6.21. The minimum atomic E-state index is -0.198. The predicted molar refractivity (Wildman–Crippen MR) is 170 cm³/mol. The number of aromatic nitrogens is 10. The maximum atomic E-state index is 10.8. The van der Waals surface area contributed by atoms with Crippen molar-refractivity contribution in [2.75, 3.05) is 13.7 Å². The third-order valence-corrected chi connectivity index (χ3v) is 6.21. The van der Waals surface area contributed by atoms with Gasteiger partial charge in [0.2, 0.25) is 0 Å². The summed E-state index contributed by atoms with van der Waals surface area (Å²) in [5, 5.41) is 29.3. The number of hydrogen-bond donors (Lipinski definition) is 3. The normalized spacial score (nSPS) is 12.0. The van der Waals surface area contributed by atoms with Gasteiger partial charge in [0.15, 0.2) is 0 Å². The van der Waals surface area contributed by atoms with Gasteiger partial charge in [0, 0.05) is 73.3 Å². The summed E-state index contributed by atoms with van der Waals surface area (Å²) in [4.78, 5) is 21.6. The summed E-state index contributed by atoms with van der Waals surface area (Å²) < 4.78 is 10.5. The van der Waals surface area contributed by atoms with Crippen LogP contribution in [0.3, 0.4) is 0 Å². The van der Waals surface area contributed by atoms with E-state index in [9.17, 15) is 9.59 Å². The van der Waals surface area contributed by atoms with Crippen molar-refractivity contribution in [3.8, 4) is 22.5 Å². The first kappa shape index (κ1) is 32.2. The second-order valence-electron chi connectivity index (χ2n) is 9.64. The molecule has 6 rings (SSSR count). The Morgan fingerprint density at radius 2 is 1.31 bits per heavy atom. The van der Waals surface area contributed by atoms with Gasteiger partial charge in [-0.3, -0.25) is 29.1 Å². The molecular formula is C30H36N12O3. The van der Waals surface area contributed by atoms with E-state index in [2.05, 4.69) is 59.7 Å². The minimum Gasteiger partial charge on any atom is -0.383 e. The number of aromatic amines is 2. The van der Waals surface area contributed by atoms with Crippen LogP contribution in [-0.2, 0) is 24.4 Å². The lowest BCUT2D eigenvalue weighted by Gasteiger charge is -2.06. The van der Waals surface area contributed by atoms with Crippen LogP contribution in [0.4, 0.5) is 0 Å². The number of nitrogens with zero attached hydrogens (tertiary/aromatic N) is 9. The standard InChI is InChI=1S/C11H14N4O.C10H12N4O.C9H10N4O/c1-9-3-4-11(14-13-9)10-7-12-15(8-10)5-6-16-2;1-2-5-14-7-8(6-11-14)9-3-4-10(15)13-12-9;1-2-13-6-7(5-10-13)8-3-4-9(14)12-11-8/h3-4,7-8,13H,1,5-6H2,2H3;3-4,6-7H,2,5H2,1H3,(H,13,15);3-6H,2H2,1H3,(H,12,14). The number of H-pyrrole nitrogens is 2. The summed E-state index contributed by atoms with van der Waals surface area (Å²) in [6.07, 6.45) is 15.9. The molecule has 0 bridgehead atoms. The second-order valence-corrected chi connectivity index (χ2v) is 9.64. The average Bonchev–Trinajstić information content (AvgIpc) is 3.84. The Kier molecular flexibility index (Phi) is 11.6. The molecule has 1 aliphatic rings. The molecule has 0 atom stereocenters. The molecule has 0 fully saturated rings. The van der Waals surface area contributed by atoms with Gasteiger partial charge in [-0.15, -0.1) is 0 Å². The zero-order valence-electron chi connectivity index (χ0n) is 25.4. The van der Waals surface area contributed by atoms with Gasteiger partial charge in [0.1, 0.15) is 0 Å². The first-order chi connectivity index (χ1) is 21.9. The summed E-state index contributed by atoms with van der Waals surface area (Å²) in [6, 6.07) is 6.27. The predicted octanol–water partition coefficient (Wildman–Crippen LogP) is 2.60. The molecule has 15 nitrogen and oxygen atoms in total. The van der Waals surface area contributed by atoms with Crippen LogP contribution in [0.5, 0.6) is 0 Å². The van der Waals surface area contributed by atoms with Crippen molar-refractivity contribution >= 4 is 5.71 Å². The number of hydrogen-bond acceptors (Lipinski definition) is 10. The topological polar surface area (TPSA) is 179 Å². The lowest BCUT2D eigenvalue weighted by atomic mass is 10.2. The zero-order valence-corrected chi connectivity index (χ0v) is 25.4. The summed E-state index contributed by atoms with van der Waals surface area (Å²) >= 11 is 0. The molecule has 5 aromatic heterocycles. The van der Waals surface area contributed by atoms with Gasteiger partial charge in [0.05, 0.1) is 48.8 Å². The van der Waals surface area contributed by atoms with Gasteiger partial charge in [-0.1, -0.05) is 13.5 Å². The third kappa shape index (κ3) is 9.65. The number of ether oxygens (including phenoxy) is 1. The van der Waals surface area contributed by atoms with Crippen molar-refractivity contribution in [1.29, 1.82) is 0 Å². The number of methoxy groups -OCH3 is 1. The first-order valence-corrected chi connectivity index (χ1v) is 14.3. The highest BCUT2D eigenvalue weighted by Gasteiger charge is 2.07. The number of aryl methyl sites for hydroxylation is 2. The fourth-order valence-electron chi connectivity index (χ4n) is 3.88. The van der Waals surface area contributed by atoms with Crippen molar-refractivity contribution in [3.63, 3.8) is 0 Å². The largest absolute Gasteiger partial charge is 0.383 e. The molecule has 45 heavy (non-hydrogen) atoms. The van der Waals surface area contributed by atoms with Crippen molar-refractivity contribution in [3.05, 3.63) is 112 Å². The average molecular weight is 613 g/mol. The number of rotatable bonds is 9. The van der Waals surface area contributed by atoms with E-state index in [1.165, 1.54) is 12.1 Å². The highest BCUT2D eigenvalue weighted by molar-refractivity contribution is 6.09. The van der Waals surface area contributed by atoms with Crippen molar-refractivity contribution in [1.82, 2.24) is 55.2 Å². The maximum Gasteiger partial charge on any atom is 0.264 e. The Labute approximate surface area is 259 Å². The quantitative estimate of drug-likeness (QED) is 0.226. The van der Waals surface area contributed by atoms with E-state index >= 15 is 0 Å². The molecule has 5 aromatic rings. The van der Waals surface area contributed by atoms with E-state index in [4.69, 9.17) is 4.74 Å². The summed E-state index contributed by atoms with van der Waals surface area (Å²) in [6.45, 7) is 11.0. The van der Waals surface area contributed by atoms with Gasteiger partial charge in [0.25, 0.3) is 11.1 Å². The van der Waals surface area contributed by atoms with Crippen molar-refractivity contribution in [2.24, 2.45) is 5.10 Å². The van der Waals surface area contributed by atoms with Crippen LogP contribution < -0.4 is 16.5 Å². The van der Waals surface area contributed by atoms with Crippen LogP contribution in [0.25, 0.3) is 22.5 Å². The lowest BCUT2D eigenvalue weighted by Crippen LogP contribution is -2.12. The fraction of sp³-hybridized carbons (Fsp3) is 0.267. The van der Waals surface area contributed by atoms with Crippen LogP contribution in [0.1, 0.15) is 25.8 Å². The SMILES string of the molecule is C=C1C=CC(c2cnn(CCOC)c2)=NN1.CCCn1cc(-c2ccc(=O)[nH]n2)cn1.CCn1cc(-c2ccc(=O)[nH]n2)cn1. The molecule has 15 heteroatoms. The van der Waals surface area contributed by atoms with E-state index in [-0.39, 0.29) is 11.1 Å². The molecule has 234 valence electrons. The van der Waals surface area contributed by atoms with Gasteiger partial charge < -0.3 is 4.74 Å². The molecule has 0 spiro atoms. The summed E-state index contributed by atoms with van der Waals surface area (Å²) in [7, 11) is 1.67. The van der Waals surface area contributed by atoms with Crippen LogP contribution in [0.15, 0.2) is 101 Å². The van der Waals surface area contributed by atoms with Crippen LogP contribution in [-0.4, -0.2) is 69.2 Å². The van der Waals surface area contributed by atoms with E-state index in [0.29, 0.717) is 6.61 Å². The Morgan fingerprint density at radius 3 is 1.80 bits per heavy atom. The molecule has 0 unspecified atom stereocenters. The van der Waals surface area contributed by atoms with Crippen LogP contribution >= 0.6 is 0 Å². The lowest BCUT2D eigenvalue weighted by molar-refractivity contribution is 0.183. The molecule has 0 radical (unpaired) electrons. The van der Waals surface area contributed by atoms with Gasteiger partial charge in [-0.2, -0.15) is 30.6 Å². The molecule has 0 amide bonds. The molecule has 0 aromatic carbocycles. The number of hydrazone groups is 1. The number of allylic oxidation sites excluding steroid dienone is 2. The van der Waals surface area contributed by atoms with Gasteiger partial charge >= 0.3 is 0 Å². The highest BCUT2D eigenvalue weighted by Crippen LogP contribution is 2.14. The highest BCUT2D eigenvalue weighted by atomic mass is 16.5. The molecule has 0 aliphatic carbocycles. The number of nitrogens with one attached hydrogen (secondary N) is 3. The van der Waals surface area contributed by atoms with Crippen LogP contribution in [0.2, 0.25) is 0 Å². The minimum absolute atomic E-state index is 0.195. The van der Waals surface area contributed by atoms with Gasteiger partial charge in [-0.05, 0) is 37.6 Å². The Morgan fingerprint density at radius 1 is 0.756 bits per heavy atom. The summed E-state index contributed by atoms with van der Waals surface area (Å²) in [5.74, 6) is 0. The Balaban J connectivity index is 0.000000154.